The molecule has 1 aliphatic rings. The fraction of sp³-hybridized carbons (Fsp3) is 0.318. The molecule has 0 aliphatic carbocycles. The summed E-state index contributed by atoms with van der Waals surface area (Å²) in [4.78, 5) is 27.3. The quantitative estimate of drug-likeness (QED) is 0.718. The number of imidazole rings is 1. The Kier molecular flexibility index (Phi) is 5.48. The maximum absolute atomic E-state index is 12.8. The van der Waals surface area contributed by atoms with Gasteiger partial charge in [0.2, 0.25) is 0 Å². The van der Waals surface area contributed by atoms with Gasteiger partial charge in [0.25, 0.3) is 5.91 Å². The Morgan fingerprint density at radius 1 is 1.21 bits per heavy atom. The van der Waals surface area contributed by atoms with Gasteiger partial charge in [-0.3, -0.25) is 14.7 Å². The Balaban J connectivity index is 1.40. The van der Waals surface area contributed by atoms with Crippen LogP contribution in [0.4, 0.5) is 0 Å². The number of benzene rings is 1. The van der Waals surface area contributed by atoms with Crippen LogP contribution in [0.1, 0.15) is 34.7 Å². The summed E-state index contributed by atoms with van der Waals surface area (Å²) in [5, 5.41) is 3.17. The lowest BCUT2D eigenvalue weighted by Gasteiger charge is -2.32. The van der Waals surface area contributed by atoms with Crippen LogP contribution in [-0.2, 0) is 6.54 Å². The standard InChI is InChI=1S/C22H25N5O/c1-16-20(26-21(24-16)17-8-3-2-4-9-17)22(28)25-19-11-7-13-27(15-19)14-18-10-5-6-12-23-18/h2-6,8-10,12,19H,7,11,13-15H2,1H3,(H,24,26)(H,25,28)/t19-/m0/s1. The summed E-state index contributed by atoms with van der Waals surface area (Å²) in [6, 6.07) is 16.0. The van der Waals surface area contributed by atoms with E-state index in [2.05, 4.69) is 25.2 Å². The first kappa shape index (κ1) is 18.4. The number of amides is 1. The first-order valence-corrected chi connectivity index (χ1v) is 9.74. The van der Waals surface area contributed by atoms with Crippen molar-refractivity contribution in [3.63, 3.8) is 0 Å². The van der Waals surface area contributed by atoms with Gasteiger partial charge in [0, 0.05) is 36.6 Å². The molecular formula is C22H25N5O. The number of rotatable bonds is 5. The summed E-state index contributed by atoms with van der Waals surface area (Å²) in [5.41, 5.74) is 3.30. The van der Waals surface area contributed by atoms with Crippen LogP contribution in [0.2, 0.25) is 0 Å². The smallest absolute Gasteiger partial charge is 0.272 e. The lowest BCUT2D eigenvalue weighted by molar-refractivity contribution is 0.0895. The van der Waals surface area contributed by atoms with Gasteiger partial charge in [0.15, 0.2) is 0 Å². The van der Waals surface area contributed by atoms with Crippen molar-refractivity contribution in [2.45, 2.75) is 32.4 Å². The molecule has 4 rings (SSSR count). The summed E-state index contributed by atoms with van der Waals surface area (Å²) < 4.78 is 0. The van der Waals surface area contributed by atoms with Crippen molar-refractivity contribution in [2.75, 3.05) is 13.1 Å². The van der Waals surface area contributed by atoms with Gasteiger partial charge in [-0.15, -0.1) is 0 Å². The van der Waals surface area contributed by atoms with E-state index in [0.29, 0.717) is 5.69 Å². The third kappa shape index (κ3) is 4.28. The number of hydrogen-bond donors (Lipinski definition) is 2. The van der Waals surface area contributed by atoms with Gasteiger partial charge in [0.1, 0.15) is 11.5 Å². The second-order valence-corrected chi connectivity index (χ2v) is 7.29. The zero-order chi connectivity index (χ0) is 19.3. The summed E-state index contributed by atoms with van der Waals surface area (Å²) in [5.74, 6) is 0.615. The Morgan fingerprint density at radius 3 is 2.82 bits per heavy atom. The van der Waals surface area contributed by atoms with Crippen molar-refractivity contribution in [3.8, 4) is 11.4 Å². The highest BCUT2D eigenvalue weighted by Gasteiger charge is 2.24. The van der Waals surface area contributed by atoms with E-state index >= 15 is 0 Å². The van der Waals surface area contributed by atoms with Crippen molar-refractivity contribution in [2.24, 2.45) is 0 Å². The average molecular weight is 375 g/mol. The van der Waals surface area contributed by atoms with Gasteiger partial charge < -0.3 is 10.3 Å². The number of H-pyrrole nitrogens is 1. The third-order valence-corrected chi connectivity index (χ3v) is 5.10. The van der Waals surface area contributed by atoms with Crippen LogP contribution >= 0.6 is 0 Å². The summed E-state index contributed by atoms with van der Waals surface area (Å²) >= 11 is 0. The lowest BCUT2D eigenvalue weighted by atomic mass is 10.1. The van der Waals surface area contributed by atoms with Gasteiger partial charge in [-0.05, 0) is 38.4 Å². The topological polar surface area (TPSA) is 73.9 Å². The second kappa shape index (κ2) is 8.35. The van der Waals surface area contributed by atoms with E-state index < -0.39 is 0 Å². The maximum Gasteiger partial charge on any atom is 0.272 e. The summed E-state index contributed by atoms with van der Waals surface area (Å²) in [6.07, 6.45) is 3.87. The van der Waals surface area contributed by atoms with Crippen LogP contribution in [0.5, 0.6) is 0 Å². The molecule has 3 aromatic rings. The van der Waals surface area contributed by atoms with E-state index in [0.717, 1.165) is 55.3 Å². The maximum atomic E-state index is 12.8. The Labute approximate surface area is 165 Å². The van der Waals surface area contributed by atoms with Gasteiger partial charge in [-0.25, -0.2) is 4.98 Å². The van der Waals surface area contributed by atoms with E-state index in [1.165, 1.54) is 0 Å². The molecule has 0 radical (unpaired) electrons. The predicted octanol–water partition coefficient (Wildman–Crippen LogP) is 3.17. The molecule has 1 aliphatic heterocycles. The van der Waals surface area contributed by atoms with Crippen LogP contribution in [0.25, 0.3) is 11.4 Å². The third-order valence-electron chi connectivity index (χ3n) is 5.10. The largest absolute Gasteiger partial charge is 0.347 e. The van der Waals surface area contributed by atoms with Crippen molar-refractivity contribution >= 4 is 5.91 Å². The lowest BCUT2D eigenvalue weighted by Crippen LogP contribution is -2.47. The molecule has 1 amide bonds. The molecule has 0 bridgehead atoms. The minimum atomic E-state index is -0.111. The van der Waals surface area contributed by atoms with E-state index in [9.17, 15) is 4.79 Å². The first-order chi connectivity index (χ1) is 13.7. The number of nitrogens with one attached hydrogen (secondary N) is 2. The molecule has 2 N–H and O–H groups in total. The Hall–Kier alpha value is -2.99. The van der Waals surface area contributed by atoms with Gasteiger partial charge in [-0.1, -0.05) is 36.4 Å². The molecule has 6 heteroatoms. The van der Waals surface area contributed by atoms with Crippen LogP contribution in [0.15, 0.2) is 54.7 Å². The molecule has 28 heavy (non-hydrogen) atoms. The normalized spacial score (nSPS) is 17.4. The average Bonchev–Trinajstić information content (AvgIpc) is 3.12. The van der Waals surface area contributed by atoms with E-state index in [-0.39, 0.29) is 11.9 Å². The number of carbonyl (C=O) groups is 1. The van der Waals surface area contributed by atoms with Crippen LogP contribution < -0.4 is 5.32 Å². The van der Waals surface area contributed by atoms with Crippen LogP contribution in [0.3, 0.4) is 0 Å². The fourth-order valence-electron chi connectivity index (χ4n) is 3.71. The molecule has 1 aromatic carbocycles. The van der Waals surface area contributed by atoms with Gasteiger partial charge in [0.05, 0.1) is 5.69 Å². The number of pyridine rings is 1. The Bertz CT molecular complexity index is 923. The highest BCUT2D eigenvalue weighted by atomic mass is 16.2. The number of piperidine rings is 1. The minimum absolute atomic E-state index is 0.111. The molecule has 0 unspecified atom stereocenters. The summed E-state index contributed by atoms with van der Waals surface area (Å²) in [7, 11) is 0. The van der Waals surface area contributed by atoms with E-state index in [4.69, 9.17) is 0 Å². The van der Waals surface area contributed by atoms with E-state index in [1.807, 2.05) is 61.7 Å². The molecule has 144 valence electrons. The SMILES string of the molecule is Cc1[nH]c(-c2ccccc2)nc1C(=O)N[C@H]1CCCN(Cc2ccccn2)C1. The van der Waals surface area contributed by atoms with E-state index in [1.54, 1.807) is 0 Å². The molecule has 1 atom stereocenters. The molecule has 1 saturated heterocycles. The predicted molar refractivity (Wildman–Crippen MR) is 109 cm³/mol. The highest BCUT2D eigenvalue weighted by Crippen LogP contribution is 2.18. The molecule has 0 saturated carbocycles. The van der Waals surface area contributed by atoms with Crippen molar-refractivity contribution in [3.05, 3.63) is 71.8 Å². The zero-order valence-corrected chi connectivity index (χ0v) is 16.1. The summed E-state index contributed by atoms with van der Waals surface area (Å²) in [6.45, 7) is 4.56. The van der Waals surface area contributed by atoms with Crippen LogP contribution in [0, 0.1) is 6.92 Å². The second-order valence-electron chi connectivity index (χ2n) is 7.29. The van der Waals surface area contributed by atoms with Crippen LogP contribution in [-0.4, -0.2) is 44.9 Å². The number of hydrogen-bond acceptors (Lipinski definition) is 4. The number of likely N-dealkylation sites (tertiary alicyclic amines) is 1. The minimum Gasteiger partial charge on any atom is -0.347 e. The number of carbonyl (C=O) groups excluding carboxylic acids is 1. The monoisotopic (exact) mass is 375 g/mol. The number of aromatic amines is 1. The number of aromatic nitrogens is 3. The molecule has 3 heterocycles. The Morgan fingerprint density at radius 2 is 2.04 bits per heavy atom. The zero-order valence-electron chi connectivity index (χ0n) is 16.1. The number of nitrogens with zero attached hydrogens (tertiary/aromatic N) is 3. The molecule has 1 fully saturated rings. The van der Waals surface area contributed by atoms with Gasteiger partial charge in [-0.2, -0.15) is 0 Å². The highest BCUT2D eigenvalue weighted by molar-refractivity contribution is 5.94. The van der Waals surface area contributed by atoms with Gasteiger partial charge >= 0.3 is 0 Å². The number of aryl methyl sites for hydroxylation is 1. The van der Waals surface area contributed by atoms with Crippen molar-refractivity contribution < 1.29 is 4.79 Å². The fourth-order valence-corrected chi connectivity index (χ4v) is 3.71. The first-order valence-electron chi connectivity index (χ1n) is 9.74. The molecule has 0 spiro atoms. The molecule has 2 aromatic heterocycles. The van der Waals surface area contributed by atoms with Crippen molar-refractivity contribution in [1.82, 2.24) is 25.2 Å². The molecular weight excluding hydrogens is 350 g/mol. The van der Waals surface area contributed by atoms with Crippen molar-refractivity contribution in [1.29, 1.82) is 0 Å². The molecule has 6 nitrogen and oxygen atoms in total.